The first kappa shape index (κ1) is 28.3. The van der Waals surface area contributed by atoms with Crippen LogP contribution in [0, 0.1) is 39.0 Å². The van der Waals surface area contributed by atoms with Crippen LogP contribution in [0.15, 0.2) is 51.4 Å². The maximum Gasteiger partial charge on any atom is 0.338 e. The molecule has 1 aliphatic rings. The molecule has 0 N–H and O–H groups in total. The quantitative estimate of drug-likeness (QED) is 0.303. The molecular formula is C31H30N4O4S2. The number of allylic oxidation sites excluding steroid dienone is 1. The summed E-state index contributed by atoms with van der Waals surface area (Å²) in [5, 5.41) is 10.7. The van der Waals surface area contributed by atoms with Crippen LogP contribution >= 0.6 is 22.7 Å². The summed E-state index contributed by atoms with van der Waals surface area (Å²) in [5.41, 5.74) is 5.63. The van der Waals surface area contributed by atoms with E-state index in [2.05, 4.69) is 15.6 Å². The van der Waals surface area contributed by atoms with Crippen molar-refractivity contribution in [1.29, 1.82) is 5.26 Å². The number of hydrogen-bond donors (Lipinski definition) is 0. The minimum absolute atomic E-state index is 0.200. The Morgan fingerprint density at radius 3 is 2.59 bits per heavy atom. The van der Waals surface area contributed by atoms with Crippen molar-refractivity contribution in [3.05, 3.63) is 99.8 Å². The minimum atomic E-state index is -0.758. The van der Waals surface area contributed by atoms with Crippen molar-refractivity contribution < 1.29 is 14.3 Å². The lowest BCUT2D eigenvalue weighted by molar-refractivity contribution is -0.139. The Labute approximate surface area is 245 Å². The first-order chi connectivity index (χ1) is 19.6. The monoisotopic (exact) mass is 586 g/mol. The summed E-state index contributed by atoms with van der Waals surface area (Å²) >= 11 is 2.86. The van der Waals surface area contributed by atoms with Crippen molar-refractivity contribution in [3.8, 4) is 16.8 Å². The molecule has 0 bridgehead atoms. The third-order valence-corrected chi connectivity index (χ3v) is 9.56. The summed E-state index contributed by atoms with van der Waals surface area (Å²) in [5.74, 6) is 0.0410. The molecule has 1 aromatic carbocycles. The van der Waals surface area contributed by atoms with Crippen LogP contribution < -0.4 is 19.6 Å². The third kappa shape index (κ3) is 4.65. The lowest BCUT2D eigenvalue weighted by Gasteiger charge is -2.25. The van der Waals surface area contributed by atoms with E-state index in [9.17, 15) is 14.9 Å². The van der Waals surface area contributed by atoms with Crippen molar-refractivity contribution in [1.82, 2.24) is 9.13 Å². The van der Waals surface area contributed by atoms with Crippen molar-refractivity contribution in [2.45, 2.75) is 47.6 Å². The Morgan fingerprint density at radius 2 is 1.90 bits per heavy atom. The standard InChI is InChI=1S/C31H30N4O4S2/c1-8-39-30(37)26-18(4)33-31-35(27(26)22-11-9-10-12-24(22)38-7)28(36)25(41-31)14-21-13-16(2)34(19(21)5)29-23(15-32)17(3)20(6)40-29/h9-14,27H,8H2,1-7H3/b25-14+. The Hall–Kier alpha value is -4.20. The molecule has 0 aliphatic carbocycles. The second kappa shape index (κ2) is 11.0. The van der Waals surface area contributed by atoms with Gasteiger partial charge in [-0.3, -0.25) is 9.36 Å². The summed E-state index contributed by atoms with van der Waals surface area (Å²) in [4.78, 5) is 33.5. The Morgan fingerprint density at radius 1 is 1.17 bits per heavy atom. The number of rotatable bonds is 6. The zero-order valence-electron chi connectivity index (χ0n) is 24.0. The lowest BCUT2D eigenvalue weighted by Crippen LogP contribution is -2.40. The number of aromatic nitrogens is 2. The number of thiazole rings is 1. The van der Waals surface area contributed by atoms with Gasteiger partial charge in [-0.25, -0.2) is 9.79 Å². The van der Waals surface area contributed by atoms with E-state index in [1.807, 2.05) is 64.1 Å². The van der Waals surface area contributed by atoms with E-state index in [-0.39, 0.29) is 12.2 Å². The van der Waals surface area contributed by atoms with E-state index in [4.69, 9.17) is 9.47 Å². The van der Waals surface area contributed by atoms with Gasteiger partial charge in [0, 0.05) is 21.8 Å². The number of carbonyl (C=O) groups excluding carboxylic acids is 1. The maximum absolute atomic E-state index is 14.1. The number of esters is 1. The molecule has 1 aliphatic heterocycles. The highest BCUT2D eigenvalue weighted by Gasteiger charge is 2.35. The zero-order chi connectivity index (χ0) is 29.6. The fraction of sp³-hybridized carbons (Fsp3) is 0.290. The van der Waals surface area contributed by atoms with Crippen LogP contribution in [-0.4, -0.2) is 28.8 Å². The lowest BCUT2D eigenvalue weighted by atomic mass is 9.95. The van der Waals surface area contributed by atoms with Gasteiger partial charge in [0.05, 0.1) is 35.1 Å². The molecule has 0 radical (unpaired) electrons. The zero-order valence-corrected chi connectivity index (χ0v) is 25.6. The fourth-order valence-electron chi connectivity index (χ4n) is 5.26. The molecule has 3 aromatic heterocycles. The second-order valence-electron chi connectivity index (χ2n) is 9.78. The second-order valence-corrected chi connectivity index (χ2v) is 12.0. The summed E-state index contributed by atoms with van der Waals surface area (Å²) in [7, 11) is 1.56. The molecule has 4 aromatic rings. The van der Waals surface area contributed by atoms with Gasteiger partial charge in [0.15, 0.2) is 4.80 Å². The molecule has 4 heterocycles. The molecule has 8 nitrogen and oxygen atoms in total. The Bertz CT molecular complexity index is 1960. The summed E-state index contributed by atoms with van der Waals surface area (Å²) in [6, 6.07) is 11.0. The average Bonchev–Trinajstić information content (AvgIpc) is 3.51. The van der Waals surface area contributed by atoms with E-state index >= 15 is 0 Å². The highest BCUT2D eigenvalue weighted by Crippen LogP contribution is 2.36. The largest absolute Gasteiger partial charge is 0.496 e. The van der Waals surface area contributed by atoms with Crippen molar-refractivity contribution in [3.63, 3.8) is 0 Å². The van der Waals surface area contributed by atoms with Gasteiger partial charge in [0.1, 0.15) is 22.9 Å². The molecule has 5 rings (SSSR count). The fourth-order valence-corrected chi connectivity index (χ4v) is 7.52. The number of methoxy groups -OCH3 is 1. The number of fused-ring (bicyclic) bond motifs is 1. The highest BCUT2D eigenvalue weighted by molar-refractivity contribution is 7.15. The first-order valence-corrected chi connectivity index (χ1v) is 14.8. The van der Waals surface area contributed by atoms with Gasteiger partial charge in [-0.2, -0.15) is 5.26 Å². The number of nitriles is 1. The van der Waals surface area contributed by atoms with E-state index < -0.39 is 12.0 Å². The topological polar surface area (TPSA) is 98.6 Å². The van der Waals surface area contributed by atoms with Gasteiger partial charge in [-0.1, -0.05) is 29.5 Å². The van der Waals surface area contributed by atoms with Gasteiger partial charge in [0.25, 0.3) is 5.56 Å². The summed E-state index contributed by atoms with van der Waals surface area (Å²) in [6.45, 7) is 11.7. The Balaban J connectivity index is 1.73. The van der Waals surface area contributed by atoms with Crippen LogP contribution in [0.2, 0.25) is 0 Å². The number of hydrogen-bond acceptors (Lipinski definition) is 8. The van der Waals surface area contributed by atoms with Crippen molar-refractivity contribution in [2.24, 2.45) is 4.99 Å². The molecular weight excluding hydrogens is 556 g/mol. The summed E-state index contributed by atoms with van der Waals surface area (Å²) < 4.78 is 15.2. The molecule has 1 unspecified atom stereocenters. The van der Waals surface area contributed by atoms with Gasteiger partial charge >= 0.3 is 5.97 Å². The normalized spacial score (nSPS) is 15.0. The molecule has 0 saturated heterocycles. The molecule has 210 valence electrons. The number of para-hydroxylation sites is 1. The van der Waals surface area contributed by atoms with Crippen molar-refractivity contribution >= 4 is 34.7 Å². The van der Waals surface area contributed by atoms with E-state index in [1.165, 1.54) is 11.3 Å². The predicted molar refractivity (Wildman–Crippen MR) is 161 cm³/mol. The van der Waals surface area contributed by atoms with E-state index in [1.54, 1.807) is 36.9 Å². The molecule has 10 heteroatoms. The number of benzene rings is 1. The number of carbonyl (C=O) groups is 1. The van der Waals surface area contributed by atoms with Gasteiger partial charge < -0.3 is 14.0 Å². The SMILES string of the molecule is CCOC(=O)C1=C(C)N=c2s/c(=C/c3cc(C)n(-c4sc(C)c(C)c4C#N)c3C)c(=O)n2C1c1ccccc1OC. The van der Waals surface area contributed by atoms with E-state index in [0.717, 1.165) is 32.4 Å². The van der Waals surface area contributed by atoms with Crippen LogP contribution in [0.3, 0.4) is 0 Å². The van der Waals surface area contributed by atoms with Gasteiger partial charge in [-0.05, 0) is 70.9 Å². The third-order valence-electron chi connectivity index (χ3n) is 7.39. The summed E-state index contributed by atoms with van der Waals surface area (Å²) in [6.07, 6.45) is 1.87. The number of thiophene rings is 1. The highest BCUT2D eigenvalue weighted by atomic mass is 32.1. The van der Waals surface area contributed by atoms with Gasteiger partial charge in [-0.15, -0.1) is 11.3 Å². The number of ether oxygens (including phenoxy) is 2. The molecule has 0 saturated carbocycles. The maximum atomic E-state index is 14.1. The van der Waals surface area contributed by atoms with Crippen LogP contribution in [0.1, 0.15) is 58.4 Å². The first-order valence-electron chi connectivity index (χ1n) is 13.1. The van der Waals surface area contributed by atoms with Crippen LogP contribution in [0.5, 0.6) is 5.75 Å². The number of aryl methyl sites for hydroxylation is 2. The van der Waals surface area contributed by atoms with Crippen LogP contribution in [0.4, 0.5) is 0 Å². The van der Waals surface area contributed by atoms with Crippen LogP contribution in [-0.2, 0) is 9.53 Å². The molecule has 1 atom stereocenters. The minimum Gasteiger partial charge on any atom is -0.496 e. The molecule has 0 spiro atoms. The smallest absolute Gasteiger partial charge is 0.338 e. The molecule has 0 fully saturated rings. The molecule has 0 amide bonds. The van der Waals surface area contributed by atoms with Gasteiger partial charge in [0.2, 0.25) is 0 Å². The van der Waals surface area contributed by atoms with Crippen molar-refractivity contribution in [2.75, 3.05) is 13.7 Å². The Kier molecular flexibility index (Phi) is 7.60. The number of nitrogens with zero attached hydrogens (tertiary/aromatic N) is 4. The average molecular weight is 587 g/mol. The van der Waals surface area contributed by atoms with E-state index in [0.29, 0.717) is 37.5 Å². The predicted octanol–water partition coefficient (Wildman–Crippen LogP) is 4.76. The molecule has 41 heavy (non-hydrogen) atoms. The van der Waals surface area contributed by atoms with Crippen LogP contribution in [0.25, 0.3) is 11.1 Å².